The van der Waals surface area contributed by atoms with Gasteiger partial charge in [0.1, 0.15) is 5.39 Å². The quantitative estimate of drug-likeness (QED) is 0.132. The van der Waals surface area contributed by atoms with Crippen LogP contribution in [0.1, 0.15) is 39.2 Å². The van der Waals surface area contributed by atoms with Crippen molar-refractivity contribution in [2.75, 3.05) is 11.9 Å². The minimum absolute atomic E-state index is 0.0699. The molecule has 0 unspecified atom stereocenters. The lowest BCUT2D eigenvalue weighted by atomic mass is 10.2. The lowest BCUT2D eigenvalue weighted by Gasteiger charge is -2.43. The highest BCUT2D eigenvalue weighted by Gasteiger charge is 2.49. The van der Waals surface area contributed by atoms with Crippen LogP contribution in [-0.4, -0.2) is 34.7 Å². The Morgan fingerprint density at radius 3 is 2.21 bits per heavy atom. The van der Waals surface area contributed by atoms with Crippen molar-refractivity contribution in [2.24, 2.45) is 0 Å². The molecule has 3 aromatic carbocycles. The lowest BCUT2D eigenvalue weighted by molar-refractivity contribution is 0.284. The second kappa shape index (κ2) is 12.8. The van der Waals surface area contributed by atoms with Crippen molar-refractivity contribution in [2.45, 2.75) is 51.7 Å². The van der Waals surface area contributed by atoms with Crippen LogP contribution in [0.3, 0.4) is 0 Å². The van der Waals surface area contributed by atoms with Crippen LogP contribution in [0.25, 0.3) is 11.0 Å². The summed E-state index contributed by atoms with van der Waals surface area (Å²) in [6, 6.07) is 26.7. The first-order chi connectivity index (χ1) is 20.2. The number of anilines is 1. The van der Waals surface area contributed by atoms with Crippen molar-refractivity contribution in [1.29, 1.82) is 0 Å². The molecule has 2 aromatic heterocycles. The highest BCUT2D eigenvalue weighted by Crippen LogP contribution is 2.36. The number of aromatic nitrogens is 4. The number of aromatic amines is 1. The van der Waals surface area contributed by atoms with E-state index in [9.17, 15) is 4.79 Å². The van der Waals surface area contributed by atoms with Crippen molar-refractivity contribution in [3.05, 3.63) is 111 Å². The molecule has 0 radical (unpaired) electrons. The molecule has 42 heavy (non-hydrogen) atoms. The van der Waals surface area contributed by atoms with Crippen molar-refractivity contribution in [3.8, 4) is 0 Å². The molecule has 0 aliphatic heterocycles. The maximum Gasteiger partial charge on any atom is 0.263 e. The summed E-state index contributed by atoms with van der Waals surface area (Å²) in [5.41, 5.74) is 1.22. The van der Waals surface area contributed by atoms with Crippen molar-refractivity contribution < 1.29 is 4.43 Å². The summed E-state index contributed by atoms with van der Waals surface area (Å²) >= 11 is 12.2. The van der Waals surface area contributed by atoms with E-state index in [2.05, 4.69) is 102 Å². The standard InChI is InChI=1S/C32H35Cl2N5O2Si/c1-32(2,3)42(24-12-6-4-7-13-24,25-14-8-5-9-15-25)41-19-11-10-18-39-29-26(22-36-39)30(40)38-31(37-29)35-21-23-16-17-27(33)28(34)20-23/h4-9,12-17,20,22H,10-11,18-19,21H2,1-3H3,(H2,35,37,38,40). The van der Waals surface area contributed by atoms with Crippen molar-refractivity contribution in [3.63, 3.8) is 0 Å². The number of nitrogens with one attached hydrogen (secondary N) is 2. The topological polar surface area (TPSA) is 84.8 Å². The molecule has 0 aliphatic rings. The van der Waals surface area contributed by atoms with Crippen LogP contribution in [-0.2, 0) is 17.5 Å². The van der Waals surface area contributed by atoms with Gasteiger partial charge in [-0.05, 0) is 45.9 Å². The number of benzene rings is 3. The van der Waals surface area contributed by atoms with Crippen LogP contribution in [0.4, 0.5) is 5.95 Å². The summed E-state index contributed by atoms with van der Waals surface area (Å²) in [5.74, 6) is 0.371. The van der Waals surface area contributed by atoms with Gasteiger partial charge in [0, 0.05) is 19.7 Å². The molecular formula is C32H35Cl2N5O2Si. The Hall–Kier alpha value is -3.43. The van der Waals surface area contributed by atoms with Crippen molar-refractivity contribution >= 4 is 58.9 Å². The maximum atomic E-state index is 12.7. The second-order valence-corrected chi connectivity index (χ2v) is 16.5. The molecule has 2 N–H and O–H groups in total. The highest BCUT2D eigenvalue weighted by atomic mass is 35.5. The number of H-pyrrole nitrogens is 1. The van der Waals surface area contributed by atoms with E-state index >= 15 is 0 Å². The van der Waals surface area contributed by atoms with Gasteiger partial charge >= 0.3 is 0 Å². The van der Waals surface area contributed by atoms with Crippen LogP contribution >= 0.6 is 23.2 Å². The van der Waals surface area contributed by atoms with Crippen LogP contribution in [0, 0.1) is 0 Å². The molecule has 0 bridgehead atoms. The van der Waals surface area contributed by atoms with Gasteiger partial charge in [0.2, 0.25) is 5.95 Å². The first-order valence-corrected chi connectivity index (χ1v) is 16.7. The van der Waals surface area contributed by atoms with Crippen LogP contribution in [0.5, 0.6) is 0 Å². The van der Waals surface area contributed by atoms with E-state index in [-0.39, 0.29) is 10.6 Å². The molecule has 5 rings (SSSR count). The molecule has 0 spiro atoms. The molecule has 218 valence electrons. The number of nitrogens with zero attached hydrogens (tertiary/aromatic N) is 3. The smallest absolute Gasteiger partial charge is 0.263 e. The van der Waals surface area contributed by atoms with Crippen LogP contribution in [0.2, 0.25) is 15.1 Å². The number of rotatable bonds is 11. The van der Waals surface area contributed by atoms with Gasteiger partial charge in [0.15, 0.2) is 5.65 Å². The molecule has 10 heteroatoms. The average molecular weight is 621 g/mol. The van der Waals surface area contributed by atoms with E-state index in [4.69, 9.17) is 27.6 Å². The minimum Gasteiger partial charge on any atom is -0.407 e. The van der Waals surface area contributed by atoms with E-state index in [0.717, 1.165) is 18.4 Å². The van der Waals surface area contributed by atoms with Gasteiger partial charge in [-0.3, -0.25) is 9.78 Å². The fourth-order valence-corrected chi connectivity index (χ4v) is 10.3. The van der Waals surface area contributed by atoms with Crippen molar-refractivity contribution in [1.82, 2.24) is 19.7 Å². The average Bonchev–Trinajstić information content (AvgIpc) is 3.39. The summed E-state index contributed by atoms with van der Waals surface area (Å²) in [4.78, 5) is 20.2. The number of unbranched alkanes of at least 4 members (excludes halogenated alkanes) is 1. The number of aryl methyl sites for hydroxylation is 1. The van der Waals surface area contributed by atoms with Crippen LogP contribution in [0.15, 0.2) is 89.9 Å². The Bertz CT molecular complexity index is 1660. The van der Waals surface area contributed by atoms with E-state index in [1.807, 2.05) is 6.07 Å². The molecule has 0 aliphatic carbocycles. The Kier molecular flexibility index (Phi) is 9.18. The molecule has 5 aromatic rings. The van der Waals surface area contributed by atoms with Crippen LogP contribution < -0.4 is 21.2 Å². The zero-order valence-electron chi connectivity index (χ0n) is 24.0. The molecule has 0 atom stereocenters. The number of fused-ring (bicyclic) bond motifs is 1. The Balaban J connectivity index is 1.28. The summed E-state index contributed by atoms with van der Waals surface area (Å²) < 4.78 is 8.80. The van der Waals surface area contributed by atoms with Gasteiger partial charge in [-0.2, -0.15) is 10.1 Å². The third kappa shape index (κ3) is 6.32. The summed E-state index contributed by atoms with van der Waals surface area (Å²) in [7, 11) is -2.57. The predicted octanol–water partition coefficient (Wildman–Crippen LogP) is 6.40. The minimum atomic E-state index is -2.57. The largest absolute Gasteiger partial charge is 0.407 e. The second-order valence-electron chi connectivity index (χ2n) is 11.3. The fourth-order valence-electron chi connectivity index (χ4n) is 5.40. The Morgan fingerprint density at radius 2 is 1.60 bits per heavy atom. The SMILES string of the molecule is CC(C)(C)[Si](OCCCCn1ncc2c(=O)[nH]c(NCc3ccc(Cl)c(Cl)c3)nc21)(c1ccccc1)c1ccccc1. The predicted molar refractivity (Wildman–Crippen MR) is 175 cm³/mol. The Morgan fingerprint density at radius 1 is 0.929 bits per heavy atom. The van der Waals surface area contributed by atoms with Gasteiger partial charge in [-0.25, -0.2) is 4.68 Å². The first-order valence-electron chi connectivity index (χ1n) is 14.1. The van der Waals surface area contributed by atoms with Gasteiger partial charge in [-0.1, -0.05) is 111 Å². The van der Waals surface area contributed by atoms with E-state index < -0.39 is 8.32 Å². The molecule has 7 nitrogen and oxygen atoms in total. The maximum absolute atomic E-state index is 12.7. The van der Waals surface area contributed by atoms with Gasteiger partial charge in [-0.15, -0.1) is 0 Å². The lowest BCUT2D eigenvalue weighted by Crippen LogP contribution is -2.66. The summed E-state index contributed by atoms with van der Waals surface area (Å²) in [6.45, 7) is 8.52. The van der Waals surface area contributed by atoms with Gasteiger partial charge in [0.05, 0.1) is 16.2 Å². The molecule has 2 heterocycles. The molecule has 0 fully saturated rings. The molecule has 0 amide bonds. The highest BCUT2D eigenvalue weighted by molar-refractivity contribution is 6.99. The molecule has 0 saturated carbocycles. The summed E-state index contributed by atoms with van der Waals surface area (Å²) in [5, 5.41) is 11.5. The summed E-state index contributed by atoms with van der Waals surface area (Å²) in [6.07, 6.45) is 3.25. The van der Waals surface area contributed by atoms with E-state index in [1.54, 1.807) is 23.0 Å². The van der Waals surface area contributed by atoms with Gasteiger partial charge in [0.25, 0.3) is 13.9 Å². The molecule has 0 saturated heterocycles. The van der Waals surface area contributed by atoms with E-state index in [1.165, 1.54) is 10.4 Å². The third-order valence-electron chi connectivity index (χ3n) is 7.45. The zero-order valence-corrected chi connectivity index (χ0v) is 26.5. The van der Waals surface area contributed by atoms with Gasteiger partial charge < -0.3 is 9.74 Å². The number of hydrogen-bond acceptors (Lipinski definition) is 5. The normalized spacial score (nSPS) is 12.1. The third-order valence-corrected chi connectivity index (χ3v) is 13.2. The monoisotopic (exact) mass is 619 g/mol. The molecular weight excluding hydrogens is 585 g/mol. The zero-order chi connectivity index (χ0) is 29.7. The van der Waals surface area contributed by atoms with E-state index in [0.29, 0.717) is 46.7 Å². The fraction of sp³-hybridized carbons (Fsp3) is 0.281. The first kappa shape index (κ1) is 30.0. The Labute approximate surface area is 257 Å². The number of halogens is 2. The number of hydrogen-bond donors (Lipinski definition) is 2.